The van der Waals surface area contributed by atoms with Crippen molar-refractivity contribution < 1.29 is 37.5 Å². The standard InChI is InChI=1S/C33H47N5O8S/c1-24-8-10-25(11-9-24)5-4-7-28-29(32(40)37-42)6-2-3-20-46-27-14-12-26(13-15-27)23-30(36-31(28)39)33(41)34-16-17-35-47(43,44)38-18-21-45-22-19-38/h8-15,28-30,35,42H,2-7,16-23H2,1H3,(H,34,41)(H,36,39)(H,37,40)/t28-,29+,30+/m1/s1. The topological polar surface area (TPSA) is 175 Å². The summed E-state index contributed by atoms with van der Waals surface area (Å²) in [6, 6.07) is 14.4. The van der Waals surface area contributed by atoms with Crippen LogP contribution >= 0.6 is 0 Å². The highest BCUT2D eigenvalue weighted by molar-refractivity contribution is 7.87. The average Bonchev–Trinajstić information content (AvgIpc) is 3.08. The Hall–Kier alpha value is -3.56. The predicted octanol–water partition coefficient (Wildman–Crippen LogP) is 1.63. The highest BCUT2D eigenvalue weighted by Gasteiger charge is 2.35. The van der Waals surface area contributed by atoms with Gasteiger partial charge in [-0.05, 0) is 68.7 Å². The minimum atomic E-state index is -3.73. The van der Waals surface area contributed by atoms with Gasteiger partial charge in [0.2, 0.25) is 17.7 Å². The fourth-order valence-corrected chi connectivity index (χ4v) is 7.04. The van der Waals surface area contributed by atoms with Crippen molar-refractivity contribution in [3.05, 3.63) is 65.2 Å². The van der Waals surface area contributed by atoms with Crippen molar-refractivity contribution >= 4 is 27.9 Å². The van der Waals surface area contributed by atoms with Crippen molar-refractivity contribution in [3.8, 4) is 5.75 Å². The second-order valence-corrected chi connectivity index (χ2v) is 13.8. The van der Waals surface area contributed by atoms with Gasteiger partial charge >= 0.3 is 0 Å². The molecule has 1 saturated heterocycles. The maximum absolute atomic E-state index is 14.0. The van der Waals surface area contributed by atoms with Gasteiger partial charge in [0.05, 0.1) is 25.7 Å². The normalized spacial score (nSPS) is 21.5. The van der Waals surface area contributed by atoms with Gasteiger partial charge in [-0.25, -0.2) is 10.2 Å². The molecule has 2 bridgehead atoms. The minimum Gasteiger partial charge on any atom is -0.494 e. The zero-order chi connectivity index (χ0) is 33.6. The molecule has 13 nitrogen and oxygen atoms in total. The van der Waals surface area contributed by atoms with Crippen LogP contribution in [0.4, 0.5) is 0 Å². The Balaban J connectivity index is 1.49. The fourth-order valence-electron chi connectivity index (χ4n) is 5.86. The predicted molar refractivity (Wildman–Crippen MR) is 175 cm³/mol. The number of hydrogen-bond acceptors (Lipinski definition) is 8. The van der Waals surface area contributed by atoms with E-state index >= 15 is 0 Å². The third-order valence-corrected chi connectivity index (χ3v) is 10.2. The quantitative estimate of drug-likeness (QED) is 0.136. The molecule has 5 N–H and O–H groups in total. The number of hydrogen-bond donors (Lipinski definition) is 5. The molecule has 3 amide bonds. The molecule has 0 aliphatic carbocycles. The van der Waals surface area contributed by atoms with Crippen LogP contribution in [0.15, 0.2) is 48.5 Å². The van der Waals surface area contributed by atoms with E-state index in [1.54, 1.807) is 5.48 Å². The maximum Gasteiger partial charge on any atom is 0.279 e. The third-order valence-electron chi connectivity index (χ3n) is 8.56. The van der Waals surface area contributed by atoms with Crippen molar-refractivity contribution in [1.82, 2.24) is 25.1 Å². The lowest BCUT2D eigenvalue weighted by Gasteiger charge is -2.28. The summed E-state index contributed by atoms with van der Waals surface area (Å²) >= 11 is 0. The van der Waals surface area contributed by atoms with Gasteiger partial charge in [-0.15, -0.1) is 0 Å². The number of nitrogens with one attached hydrogen (secondary N) is 4. The number of fused-ring (bicyclic) bond motifs is 12. The van der Waals surface area contributed by atoms with Gasteiger partial charge in [0.1, 0.15) is 11.8 Å². The lowest BCUT2D eigenvalue weighted by Crippen LogP contribution is -2.53. The van der Waals surface area contributed by atoms with E-state index in [4.69, 9.17) is 9.47 Å². The van der Waals surface area contributed by atoms with Crippen LogP contribution in [0.2, 0.25) is 0 Å². The molecule has 258 valence electrons. The number of amides is 3. The highest BCUT2D eigenvalue weighted by atomic mass is 32.2. The first-order valence-electron chi connectivity index (χ1n) is 16.3. The summed E-state index contributed by atoms with van der Waals surface area (Å²) in [4.78, 5) is 40.4. The van der Waals surface area contributed by atoms with E-state index in [0.29, 0.717) is 64.1 Å². The van der Waals surface area contributed by atoms with Gasteiger partial charge in [0, 0.05) is 38.5 Å². The number of ether oxygens (including phenoxy) is 2. The van der Waals surface area contributed by atoms with Gasteiger partial charge in [0.25, 0.3) is 10.2 Å². The lowest BCUT2D eigenvalue weighted by molar-refractivity contribution is -0.141. The van der Waals surface area contributed by atoms with Crippen molar-refractivity contribution in [2.24, 2.45) is 11.8 Å². The van der Waals surface area contributed by atoms with E-state index in [0.717, 1.165) is 16.7 Å². The number of morpholine rings is 1. The van der Waals surface area contributed by atoms with Gasteiger partial charge in [0.15, 0.2) is 0 Å². The van der Waals surface area contributed by atoms with E-state index < -0.39 is 45.8 Å². The highest BCUT2D eigenvalue weighted by Crippen LogP contribution is 2.26. The van der Waals surface area contributed by atoms with E-state index in [-0.39, 0.29) is 32.6 Å². The van der Waals surface area contributed by atoms with Crippen LogP contribution in [0.1, 0.15) is 48.8 Å². The second kappa shape index (κ2) is 18.1. The molecule has 0 saturated carbocycles. The van der Waals surface area contributed by atoms with E-state index in [9.17, 15) is 28.0 Å². The molecule has 3 heterocycles. The van der Waals surface area contributed by atoms with Gasteiger partial charge in [-0.1, -0.05) is 42.0 Å². The van der Waals surface area contributed by atoms with Crippen LogP contribution in [0.3, 0.4) is 0 Å². The molecule has 0 radical (unpaired) electrons. The molecule has 0 aromatic heterocycles. The Morgan fingerprint density at radius 2 is 1.70 bits per heavy atom. The summed E-state index contributed by atoms with van der Waals surface area (Å²) < 4.78 is 40.1. The summed E-state index contributed by atoms with van der Waals surface area (Å²) in [6.07, 6.45) is 3.40. The summed E-state index contributed by atoms with van der Waals surface area (Å²) in [7, 11) is -3.73. The van der Waals surface area contributed by atoms with Crippen LogP contribution in [0, 0.1) is 18.8 Å². The van der Waals surface area contributed by atoms with Crippen LogP contribution < -0.4 is 25.6 Å². The van der Waals surface area contributed by atoms with Gasteiger partial charge in [-0.3, -0.25) is 19.6 Å². The Kier molecular flexibility index (Phi) is 14.0. The Morgan fingerprint density at radius 3 is 2.40 bits per heavy atom. The number of nitrogens with zero attached hydrogens (tertiary/aromatic N) is 1. The molecule has 5 rings (SSSR count). The van der Waals surface area contributed by atoms with E-state index in [2.05, 4.69) is 15.4 Å². The first kappa shape index (κ1) is 36.3. The first-order valence-corrected chi connectivity index (χ1v) is 17.7. The number of carbonyl (C=O) groups excluding carboxylic acids is 3. The number of carbonyl (C=O) groups is 3. The lowest BCUT2D eigenvalue weighted by atomic mass is 9.82. The Bertz CT molecular complexity index is 1420. The number of aryl methyl sites for hydroxylation is 2. The van der Waals surface area contributed by atoms with Crippen molar-refractivity contribution in [2.45, 2.75) is 57.9 Å². The maximum atomic E-state index is 14.0. The smallest absolute Gasteiger partial charge is 0.279 e. The number of rotatable bonds is 11. The van der Waals surface area contributed by atoms with Crippen LogP contribution in [-0.2, 0) is 42.2 Å². The van der Waals surface area contributed by atoms with Gasteiger partial charge < -0.3 is 20.1 Å². The van der Waals surface area contributed by atoms with Crippen molar-refractivity contribution in [3.63, 3.8) is 0 Å². The van der Waals surface area contributed by atoms with Crippen LogP contribution in [0.25, 0.3) is 0 Å². The van der Waals surface area contributed by atoms with Gasteiger partial charge in [-0.2, -0.15) is 12.7 Å². The Labute approximate surface area is 276 Å². The largest absolute Gasteiger partial charge is 0.494 e. The van der Waals surface area contributed by atoms with Crippen molar-refractivity contribution in [1.29, 1.82) is 0 Å². The first-order chi connectivity index (χ1) is 22.7. The molecular weight excluding hydrogens is 626 g/mol. The van der Waals surface area contributed by atoms with Crippen LogP contribution in [0.5, 0.6) is 5.75 Å². The van der Waals surface area contributed by atoms with Crippen LogP contribution in [-0.4, -0.2) is 87.7 Å². The monoisotopic (exact) mass is 673 g/mol. The molecular formula is C33H47N5O8S. The summed E-state index contributed by atoms with van der Waals surface area (Å²) in [5, 5.41) is 15.2. The zero-order valence-electron chi connectivity index (χ0n) is 26.9. The van der Waals surface area contributed by atoms with Crippen molar-refractivity contribution in [2.75, 3.05) is 46.0 Å². The molecule has 0 spiro atoms. The summed E-state index contributed by atoms with van der Waals surface area (Å²) in [6.45, 7) is 3.54. The molecule has 1 fully saturated rings. The average molecular weight is 674 g/mol. The number of hydroxylamine groups is 1. The zero-order valence-corrected chi connectivity index (χ0v) is 27.7. The SMILES string of the molecule is Cc1ccc(CCC[C@H]2C(=O)N[C@H](C(=O)NCCNS(=O)(=O)N3CCOCC3)Cc3ccc(cc3)OCCCC[C@@H]2C(=O)NO)cc1. The molecule has 3 aliphatic heterocycles. The fraction of sp³-hybridized carbons (Fsp3) is 0.545. The van der Waals surface area contributed by atoms with E-state index in [1.165, 1.54) is 4.31 Å². The second-order valence-electron chi connectivity index (χ2n) is 12.0. The molecule has 2 aromatic rings. The Morgan fingerprint density at radius 1 is 0.979 bits per heavy atom. The summed E-state index contributed by atoms with van der Waals surface area (Å²) in [5.41, 5.74) is 4.78. The molecule has 2 aromatic carbocycles. The molecule has 47 heavy (non-hydrogen) atoms. The summed E-state index contributed by atoms with van der Waals surface area (Å²) in [5.74, 6) is -2.56. The number of benzene rings is 2. The molecule has 3 aliphatic rings. The molecule has 3 atom stereocenters. The third kappa shape index (κ3) is 11.3. The molecule has 0 unspecified atom stereocenters. The molecule has 14 heteroatoms. The minimum absolute atomic E-state index is 0.00290. The van der Waals surface area contributed by atoms with E-state index in [1.807, 2.05) is 55.5 Å².